The minimum Gasteiger partial charge on any atom is -0.406 e. The third-order valence-electron chi connectivity index (χ3n) is 3.80. The van der Waals surface area contributed by atoms with E-state index in [0.717, 1.165) is 11.1 Å². The van der Waals surface area contributed by atoms with Crippen molar-refractivity contribution in [2.75, 3.05) is 0 Å². The SMILES string of the molecule is Cc1ccc(CC2C(=O)C(N)NOc3ccccc32)cc1. The van der Waals surface area contributed by atoms with Crippen molar-refractivity contribution < 1.29 is 9.63 Å². The standard InChI is InChI=1S/C17H18N2O2/c1-11-6-8-12(9-7-11)10-14-13-4-2-3-5-15(13)21-19-17(18)16(14)20/h2-9,14,17,19H,10,18H2,1H3. The number of hydrogen-bond donors (Lipinski definition) is 2. The summed E-state index contributed by atoms with van der Waals surface area (Å²) in [5, 5.41) is 0. The number of nitrogens with two attached hydrogens (primary N) is 1. The van der Waals surface area contributed by atoms with Crippen LogP contribution in [0, 0.1) is 6.92 Å². The molecule has 0 saturated carbocycles. The van der Waals surface area contributed by atoms with E-state index in [9.17, 15) is 4.79 Å². The molecule has 0 amide bonds. The Morgan fingerprint density at radius 3 is 2.62 bits per heavy atom. The number of hydroxylamine groups is 1. The first kappa shape index (κ1) is 13.8. The van der Waals surface area contributed by atoms with Crippen molar-refractivity contribution in [3.63, 3.8) is 0 Å². The van der Waals surface area contributed by atoms with Crippen molar-refractivity contribution in [1.29, 1.82) is 0 Å². The van der Waals surface area contributed by atoms with Crippen LogP contribution in [-0.4, -0.2) is 11.9 Å². The summed E-state index contributed by atoms with van der Waals surface area (Å²) in [7, 11) is 0. The quantitative estimate of drug-likeness (QED) is 0.885. The van der Waals surface area contributed by atoms with Gasteiger partial charge >= 0.3 is 0 Å². The zero-order valence-electron chi connectivity index (χ0n) is 11.9. The van der Waals surface area contributed by atoms with Gasteiger partial charge in [0.2, 0.25) is 0 Å². The molecule has 108 valence electrons. The Morgan fingerprint density at radius 2 is 1.86 bits per heavy atom. The first-order chi connectivity index (χ1) is 10.1. The molecule has 0 saturated heterocycles. The minimum absolute atomic E-state index is 0.0551. The molecule has 0 spiro atoms. The molecule has 3 rings (SSSR count). The van der Waals surface area contributed by atoms with Crippen molar-refractivity contribution in [1.82, 2.24) is 5.48 Å². The number of ketones is 1. The molecule has 0 aliphatic carbocycles. The molecule has 1 aliphatic heterocycles. The minimum atomic E-state index is -0.812. The maximum absolute atomic E-state index is 12.5. The normalized spacial score (nSPS) is 21.3. The molecule has 2 aromatic rings. The van der Waals surface area contributed by atoms with E-state index in [1.807, 2.05) is 31.2 Å². The number of nitrogens with one attached hydrogen (secondary N) is 1. The molecule has 2 aromatic carbocycles. The summed E-state index contributed by atoms with van der Waals surface area (Å²) < 4.78 is 0. The number of carbonyl (C=O) groups excluding carboxylic acids is 1. The average molecular weight is 282 g/mol. The van der Waals surface area contributed by atoms with Crippen molar-refractivity contribution in [2.24, 2.45) is 5.73 Å². The molecular formula is C17H18N2O2. The predicted octanol–water partition coefficient (Wildman–Crippen LogP) is 2.07. The van der Waals surface area contributed by atoms with Crippen molar-refractivity contribution in [2.45, 2.75) is 25.4 Å². The Morgan fingerprint density at radius 1 is 1.14 bits per heavy atom. The van der Waals surface area contributed by atoms with E-state index in [4.69, 9.17) is 10.6 Å². The molecule has 4 nitrogen and oxygen atoms in total. The van der Waals surface area contributed by atoms with E-state index in [0.29, 0.717) is 12.2 Å². The Kier molecular flexibility index (Phi) is 3.73. The van der Waals surface area contributed by atoms with E-state index in [2.05, 4.69) is 29.7 Å². The topological polar surface area (TPSA) is 64.4 Å². The summed E-state index contributed by atoms with van der Waals surface area (Å²) in [4.78, 5) is 17.9. The van der Waals surface area contributed by atoms with Gasteiger partial charge in [0.05, 0.1) is 5.92 Å². The smallest absolute Gasteiger partial charge is 0.175 e. The van der Waals surface area contributed by atoms with Gasteiger partial charge in [-0.05, 0) is 25.0 Å². The van der Waals surface area contributed by atoms with Gasteiger partial charge in [0, 0.05) is 5.56 Å². The van der Waals surface area contributed by atoms with E-state index < -0.39 is 6.17 Å². The molecule has 0 bridgehead atoms. The van der Waals surface area contributed by atoms with Crippen LogP contribution in [0.3, 0.4) is 0 Å². The molecular weight excluding hydrogens is 264 g/mol. The zero-order chi connectivity index (χ0) is 14.8. The molecule has 21 heavy (non-hydrogen) atoms. The van der Waals surface area contributed by atoms with Crippen LogP contribution in [0.5, 0.6) is 5.75 Å². The maximum atomic E-state index is 12.5. The molecule has 1 heterocycles. The summed E-state index contributed by atoms with van der Waals surface area (Å²) in [6, 6.07) is 15.8. The Labute approximate surface area is 123 Å². The summed E-state index contributed by atoms with van der Waals surface area (Å²) in [6.07, 6.45) is -0.192. The van der Waals surface area contributed by atoms with Crippen LogP contribution in [0.1, 0.15) is 22.6 Å². The second-order valence-electron chi connectivity index (χ2n) is 5.38. The first-order valence-corrected chi connectivity index (χ1v) is 7.01. The second-order valence-corrected chi connectivity index (χ2v) is 5.38. The van der Waals surface area contributed by atoms with Crippen molar-refractivity contribution >= 4 is 5.78 Å². The van der Waals surface area contributed by atoms with Crippen molar-refractivity contribution in [3.05, 3.63) is 65.2 Å². The molecule has 3 N–H and O–H groups in total. The molecule has 0 fully saturated rings. The Bertz CT molecular complexity index is 652. The van der Waals surface area contributed by atoms with E-state index in [1.165, 1.54) is 5.56 Å². The van der Waals surface area contributed by atoms with Crippen LogP contribution in [0.2, 0.25) is 0 Å². The highest BCUT2D eigenvalue weighted by molar-refractivity contribution is 5.91. The summed E-state index contributed by atoms with van der Waals surface area (Å²) in [5.41, 5.74) is 11.6. The van der Waals surface area contributed by atoms with Gasteiger partial charge in [0.15, 0.2) is 11.5 Å². The fraction of sp³-hybridized carbons (Fsp3) is 0.235. The maximum Gasteiger partial charge on any atom is 0.175 e. The largest absolute Gasteiger partial charge is 0.406 e. The summed E-state index contributed by atoms with van der Waals surface area (Å²) in [5.74, 6) is 0.311. The zero-order valence-corrected chi connectivity index (χ0v) is 11.9. The highest BCUT2D eigenvalue weighted by Crippen LogP contribution is 2.32. The lowest BCUT2D eigenvalue weighted by atomic mass is 9.87. The number of Topliss-reactive ketones (excluding diaryl/α,β-unsaturated/α-hetero) is 1. The molecule has 0 aromatic heterocycles. The summed E-state index contributed by atoms with van der Waals surface area (Å²) >= 11 is 0. The van der Waals surface area contributed by atoms with Crippen molar-refractivity contribution in [3.8, 4) is 5.75 Å². The monoisotopic (exact) mass is 282 g/mol. The number of hydrogen-bond acceptors (Lipinski definition) is 4. The van der Waals surface area contributed by atoms with Gasteiger partial charge in [0.25, 0.3) is 0 Å². The second kappa shape index (κ2) is 5.68. The third-order valence-corrected chi connectivity index (χ3v) is 3.80. The fourth-order valence-corrected chi connectivity index (χ4v) is 2.59. The third kappa shape index (κ3) is 2.82. The van der Waals surface area contributed by atoms with Crippen LogP contribution in [0.15, 0.2) is 48.5 Å². The van der Waals surface area contributed by atoms with E-state index in [-0.39, 0.29) is 11.7 Å². The van der Waals surface area contributed by atoms with Crippen LogP contribution in [0.25, 0.3) is 0 Å². The van der Waals surface area contributed by atoms with Crippen LogP contribution >= 0.6 is 0 Å². The van der Waals surface area contributed by atoms with Gasteiger partial charge in [0.1, 0.15) is 6.17 Å². The van der Waals surface area contributed by atoms with E-state index >= 15 is 0 Å². The fourth-order valence-electron chi connectivity index (χ4n) is 2.59. The van der Waals surface area contributed by atoms with Gasteiger partial charge in [-0.1, -0.05) is 48.0 Å². The van der Waals surface area contributed by atoms with Gasteiger partial charge in [-0.3, -0.25) is 4.79 Å². The van der Waals surface area contributed by atoms with Gasteiger partial charge in [-0.15, -0.1) is 5.48 Å². The number of aryl methyl sites for hydroxylation is 1. The predicted molar refractivity (Wildman–Crippen MR) is 80.8 cm³/mol. The highest BCUT2D eigenvalue weighted by atomic mass is 16.6. The highest BCUT2D eigenvalue weighted by Gasteiger charge is 2.31. The lowest BCUT2D eigenvalue weighted by Crippen LogP contribution is -2.46. The molecule has 4 heteroatoms. The van der Waals surface area contributed by atoms with Gasteiger partial charge in [-0.25, -0.2) is 0 Å². The number of carbonyl (C=O) groups is 1. The number of rotatable bonds is 2. The lowest BCUT2D eigenvalue weighted by Gasteiger charge is -2.16. The lowest BCUT2D eigenvalue weighted by molar-refractivity contribution is -0.123. The average Bonchev–Trinajstić information content (AvgIpc) is 2.62. The molecule has 2 atom stereocenters. The van der Waals surface area contributed by atoms with Crippen LogP contribution in [-0.2, 0) is 11.2 Å². The summed E-state index contributed by atoms with van der Waals surface area (Å²) in [6.45, 7) is 2.05. The van der Waals surface area contributed by atoms with E-state index in [1.54, 1.807) is 0 Å². The Balaban J connectivity index is 1.97. The first-order valence-electron chi connectivity index (χ1n) is 7.01. The van der Waals surface area contributed by atoms with Gasteiger partial charge in [-0.2, -0.15) is 0 Å². The number of benzene rings is 2. The van der Waals surface area contributed by atoms with Gasteiger partial charge < -0.3 is 10.6 Å². The van der Waals surface area contributed by atoms with Crippen LogP contribution < -0.4 is 16.1 Å². The molecule has 0 radical (unpaired) electrons. The number of fused-ring (bicyclic) bond motifs is 1. The number of para-hydroxylation sites is 1. The molecule has 1 aliphatic rings. The molecule has 2 unspecified atom stereocenters. The Hall–Kier alpha value is -2.17. The van der Waals surface area contributed by atoms with Crippen LogP contribution in [0.4, 0.5) is 0 Å².